The molecule has 1 amide bonds. The summed E-state index contributed by atoms with van der Waals surface area (Å²) in [6, 6.07) is 0. The van der Waals surface area contributed by atoms with Gasteiger partial charge in [0.1, 0.15) is 11.6 Å². The van der Waals surface area contributed by atoms with Crippen LogP contribution in [0.4, 0.5) is 10.2 Å². The van der Waals surface area contributed by atoms with Crippen LogP contribution in [0, 0.1) is 5.82 Å². The summed E-state index contributed by atoms with van der Waals surface area (Å²) in [4.78, 5) is 19.9. The second-order valence-electron chi connectivity index (χ2n) is 6.73. The lowest BCUT2D eigenvalue weighted by molar-refractivity contribution is -0.114. The van der Waals surface area contributed by atoms with Crippen molar-refractivity contribution in [3.8, 4) is 17.0 Å². The highest BCUT2D eigenvalue weighted by Crippen LogP contribution is 2.42. The molecule has 11 heteroatoms. The predicted molar refractivity (Wildman–Crippen MR) is 105 cm³/mol. The van der Waals surface area contributed by atoms with Crippen LogP contribution in [0.1, 0.15) is 6.92 Å². The fourth-order valence-corrected chi connectivity index (χ4v) is 3.51. The average Bonchev–Trinajstić information content (AvgIpc) is 3.26. The van der Waals surface area contributed by atoms with Crippen molar-refractivity contribution < 1.29 is 13.9 Å². The number of ether oxygens (including phenoxy) is 1. The van der Waals surface area contributed by atoms with Crippen LogP contribution < -0.4 is 15.4 Å². The smallest absolute Gasteiger partial charge is 0.222 e. The summed E-state index contributed by atoms with van der Waals surface area (Å²) < 4.78 is 22.6. The molecule has 5 rings (SSSR count). The number of nitrogens with zero attached hydrogens (tertiary/aromatic N) is 4. The normalized spacial score (nSPS) is 14.3. The van der Waals surface area contributed by atoms with Gasteiger partial charge in [-0.1, -0.05) is 11.6 Å². The summed E-state index contributed by atoms with van der Waals surface area (Å²) in [5.41, 5.74) is 1.76. The first-order chi connectivity index (χ1) is 14.0. The van der Waals surface area contributed by atoms with Gasteiger partial charge in [0, 0.05) is 37.2 Å². The molecule has 0 atom stereocenters. The number of rotatable bonds is 4. The van der Waals surface area contributed by atoms with Crippen molar-refractivity contribution in [3.63, 3.8) is 0 Å². The SMILES string of the molecule is CC(=O)Nc1cn2cc(-c3c(Cl)c(F)c(OC4CNC4)c4[nH]ncc34)ncc2n1. The second-order valence-corrected chi connectivity index (χ2v) is 7.11. The number of hydrogen-bond acceptors (Lipinski definition) is 6. The van der Waals surface area contributed by atoms with Crippen LogP contribution >= 0.6 is 11.6 Å². The molecule has 0 bridgehead atoms. The lowest BCUT2D eigenvalue weighted by Crippen LogP contribution is -2.50. The van der Waals surface area contributed by atoms with Gasteiger partial charge >= 0.3 is 0 Å². The van der Waals surface area contributed by atoms with Crippen molar-refractivity contribution in [2.75, 3.05) is 18.4 Å². The van der Waals surface area contributed by atoms with Gasteiger partial charge in [-0.3, -0.25) is 14.9 Å². The minimum absolute atomic E-state index is 0.0504. The molecule has 0 radical (unpaired) electrons. The molecule has 4 aromatic rings. The number of hydrogen-bond donors (Lipinski definition) is 3. The van der Waals surface area contributed by atoms with Gasteiger partial charge in [0.05, 0.1) is 29.3 Å². The van der Waals surface area contributed by atoms with E-state index in [4.69, 9.17) is 16.3 Å². The van der Waals surface area contributed by atoms with Gasteiger partial charge in [0.2, 0.25) is 5.91 Å². The number of halogens is 2. The van der Waals surface area contributed by atoms with Gasteiger partial charge < -0.3 is 19.8 Å². The highest BCUT2D eigenvalue weighted by Gasteiger charge is 2.27. The van der Waals surface area contributed by atoms with E-state index < -0.39 is 5.82 Å². The molecular weight excluding hydrogens is 401 g/mol. The number of imidazole rings is 1. The van der Waals surface area contributed by atoms with Gasteiger partial charge in [0.15, 0.2) is 23.0 Å². The van der Waals surface area contributed by atoms with Crippen molar-refractivity contribution in [1.82, 2.24) is 29.9 Å². The van der Waals surface area contributed by atoms with Crippen molar-refractivity contribution in [1.29, 1.82) is 0 Å². The van der Waals surface area contributed by atoms with E-state index in [1.165, 1.54) is 13.1 Å². The Bertz CT molecular complexity index is 1260. The number of nitrogens with one attached hydrogen (secondary N) is 3. The molecule has 3 aromatic heterocycles. The lowest BCUT2D eigenvalue weighted by atomic mass is 10.1. The molecule has 4 heterocycles. The monoisotopic (exact) mass is 415 g/mol. The van der Waals surface area contributed by atoms with E-state index in [2.05, 4.69) is 30.8 Å². The summed E-state index contributed by atoms with van der Waals surface area (Å²) in [5.74, 6) is -0.463. The zero-order valence-corrected chi connectivity index (χ0v) is 15.9. The maximum atomic E-state index is 15.1. The third kappa shape index (κ3) is 2.97. The molecule has 148 valence electrons. The quantitative estimate of drug-likeness (QED) is 0.472. The summed E-state index contributed by atoms with van der Waals surface area (Å²) >= 11 is 6.40. The second kappa shape index (κ2) is 6.68. The van der Waals surface area contributed by atoms with E-state index in [0.717, 1.165) is 0 Å². The lowest BCUT2D eigenvalue weighted by Gasteiger charge is -2.28. The Hall–Kier alpha value is -3.24. The number of anilines is 1. The average molecular weight is 416 g/mol. The molecule has 1 aliphatic rings. The molecule has 0 aliphatic carbocycles. The van der Waals surface area contributed by atoms with E-state index in [0.29, 0.717) is 46.7 Å². The van der Waals surface area contributed by atoms with Crippen LogP contribution in [0.25, 0.3) is 27.8 Å². The molecule has 1 saturated heterocycles. The van der Waals surface area contributed by atoms with E-state index >= 15 is 4.39 Å². The molecule has 29 heavy (non-hydrogen) atoms. The summed E-state index contributed by atoms with van der Waals surface area (Å²) in [5, 5.41) is 13.0. The molecule has 1 aromatic carbocycles. The van der Waals surface area contributed by atoms with Crippen LogP contribution in [-0.4, -0.2) is 49.7 Å². The zero-order chi connectivity index (χ0) is 20.1. The van der Waals surface area contributed by atoms with Crippen LogP contribution in [0.3, 0.4) is 0 Å². The standard InChI is InChI=1S/C18H15ClFN7O2/c1-8(28)24-12-7-27-6-11(22-5-13(27)25-12)14-10-4-23-26-17(10)18(16(20)15(14)19)29-9-2-21-3-9/h4-7,9,21H,2-3H2,1H3,(H,23,26)(H,24,28). The minimum atomic E-state index is -0.670. The number of H-pyrrole nitrogens is 1. The van der Waals surface area contributed by atoms with Crippen LogP contribution in [0.15, 0.2) is 24.8 Å². The molecule has 3 N–H and O–H groups in total. The van der Waals surface area contributed by atoms with Gasteiger partial charge in [-0.15, -0.1) is 0 Å². The highest BCUT2D eigenvalue weighted by atomic mass is 35.5. The van der Waals surface area contributed by atoms with Crippen LogP contribution in [0.2, 0.25) is 5.02 Å². The van der Waals surface area contributed by atoms with Crippen molar-refractivity contribution in [2.45, 2.75) is 13.0 Å². The van der Waals surface area contributed by atoms with E-state index in [9.17, 15) is 4.79 Å². The van der Waals surface area contributed by atoms with E-state index in [1.54, 1.807) is 23.0 Å². The zero-order valence-electron chi connectivity index (χ0n) is 15.2. The third-order valence-electron chi connectivity index (χ3n) is 4.68. The Kier molecular flexibility index (Phi) is 4.10. The fraction of sp³-hybridized carbons (Fsp3) is 0.222. The number of carbonyl (C=O) groups excluding carboxylic acids is 1. The number of carbonyl (C=O) groups is 1. The number of benzene rings is 1. The summed E-state index contributed by atoms with van der Waals surface area (Å²) in [6.45, 7) is 2.68. The molecular formula is C18H15ClFN7O2. The van der Waals surface area contributed by atoms with Gasteiger partial charge in [-0.05, 0) is 0 Å². The molecule has 0 unspecified atom stereocenters. The Morgan fingerprint density at radius 3 is 2.93 bits per heavy atom. The largest absolute Gasteiger partial charge is 0.482 e. The first-order valence-electron chi connectivity index (χ1n) is 8.85. The Balaban J connectivity index is 1.64. The number of amides is 1. The number of fused-ring (bicyclic) bond motifs is 2. The van der Waals surface area contributed by atoms with Crippen molar-refractivity contribution >= 4 is 39.9 Å². The Labute approximate surface area is 168 Å². The number of aromatic amines is 1. The Morgan fingerprint density at radius 2 is 2.21 bits per heavy atom. The first-order valence-corrected chi connectivity index (χ1v) is 9.23. The number of aromatic nitrogens is 5. The van der Waals surface area contributed by atoms with Gasteiger partial charge in [0.25, 0.3) is 0 Å². The van der Waals surface area contributed by atoms with E-state index in [1.807, 2.05) is 0 Å². The summed E-state index contributed by atoms with van der Waals surface area (Å²) in [6.07, 6.45) is 6.26. The van der Waals surface area contributed by atoms with Gasteiger partial charge in [-0.25, -0.2) is 9.37 Å². The summed E-state index contributed by atoms with van der Waals surface area (Å²) in [7, 11) is 0. The van der Waals surface area contributed by atoms with Crippen molar-refractivity contribution in [2.24, 2.45) is 0 Å². The molecule has 1 aliphatic heterocycles. The maximum absolute atomic E-state index is 15.1. The van der Waals surface area contributed by atoms with Crippen LogP contribution in [-0.2, 0) is 4.79 Å². The van der Waals surface area contributed by atoms with Gasteiger partial charge in [-0.2, -0.15) is 5.10 Å². The topological polar surface area (TPSA) is 109 Å². The molecule has 0 saturated carbocycles. The van der Waals surface area contributed by atoms with E-state index in [-0.39, 0.29) is 22.8 Å². The molecule has 9 nitrogen and oxygen atoms in total. The molecule has 0 spiro atoms. The fourth-order valence-electron chi connectivity index (χ4n) is 3.23. The third-order valence-corrected chi connectivity index (χ3v) is 5.03. The van der Waals surface area contributed by atoms with Crippen molar-refractivity contribution in [3.05, 3.63) is 35.6 Å². The highest BCUT2D eigenvalue weighted by molar-refractivity contribution is 6.35. The molecule has 1 fully saturated rings. The minimum Gasteiger partial charge on any atom is -0.482 e. The Morgan fingerprint density at radius 1 is 1.38 bits per heavy atom. The van der Waals surface area contributed by atoms with Crippen LogP contribution in [0.5, 0.6) is 5.75 Å². The first kappa shape index (κ1) is 17.8. The predicted octanol–water partition coefficient (Wildman–Crippen LogP) is 2.37. The maximum Gasteiger partial charge on any atom is 0.222 e.